The number of thiophene rings is 1. The van der Waals surface area contributed by atoms with E-state index in [0.717, 1.165) is 36.6 Å². The Morgan fingerprint density at radius 3 is 2.69 bits per heavy atom. The highest BCUT2D eigenvalue weighted by Crippen LogP contribution is 2.23. The number of hydrogen-bond acceptors (Lipinski definition) is 7. The predicted molar refractivity (Wildman–Crippen MR) is 136 cm³/mol. The second kappa shape index (κ2) is 12.6. The molecule has 3 heterocycles. The molecule has 1 atom stereocenters. The lowest BCUT2D eigenvalue weighted by molar-refractivity contribution is -0.0626. The number of pyridine rings is 1. The predicted octanol–water partition coefficient (Wildman–Crippen LogP) is 4.26. The monoisotopic (exact) mass is 523 g/mol. The summed E-state index contributed by atoms with van der Waals surface area (Å²) in [6, 6.07) is 3.69. The molecule has 1 saturated heterocycles. The quantitative estimate of drug-likeness (QED) is 0.289. The number of aromatic nitrogens is 1. The number of rotatable bonds is 9. The van der Waals surface area contributed by atoms with Crippen LogP contribution in [0.3, 0.4) is 0 Å². The van der Waals surface area contributed by atoms with Crippen molar-refractivity contribution in [2.45, 2.75) is 58.7 Å². The van der Waals surface area contributed by atoms with E-state index in [1.807, 2.05) is 16.3 Å². The highest BCUT2D eigenvalue weighted by molar-refractivity contribution is 7.07. The molecule has 0 aromatic carbocycles. The topological polar surface area (TPSA) is 98.2 Å². The molecule has 3 amide bonds. The van der Waals surface area contributed by atoms with Gasteiger partial charge in [-0.2, -0.15) is 11.3 Å². The number of amides is 3. The van der Waals surface area contributed by atoms with E-state index in [1.54, 1.807) is 31.3 Å². The van der Waals surface area contributed by atoms with Gasteiger partial charge in [-0.15, -0.1) is 0 Å². The van der Waals surface area contributed by atoms with Gasteiger partial charge < -0.3 is 9.80 Å². The fourth-order valence-electron chi connectivity index (χ4n) is 4.56. The van der Waals surface area contributed by atoms with Gasteiger partial charge in [-0.3, -0.25) is 14.8 Å². The van der Waals surface area contributed by atoms with E-state index >= 15 is 0 Å². The molecule has 0 saturated carbocycles. The number of nitrogens with one attached hydrogen (secondary N) is 1. The standard InChI is InChI=1S/C24H34ClN5O4S/c1-16-13-21(25)26-18(3)22(16)23(31)30(33)11-5-17(2)28-9-6-20(7-10-28)29(24(32)27-34-4)14-19-8-12-35-15-19/h8,12-13,15,17,20,33H,5-7,9-11,14H2,1-4H3,(H,27,32)/t17-/m1/s1. The van der Waals surface area contributed by atoms with Crippen LogP contribution < -0.4 is 5.48 Å². The molecule has 0 spiro atoms. The maximum absolute atomic E-state index is 12.8. The maximum Gasteiger partial charge on any atom is 0.341 e. The van der Waals surface area contributed by atoms with Crippen LogP contribution in [0.4, 0.5) is 4.79 Å². The SMILES string of the molecule is CONC(=O)N(Cc1ccsc1)C1CCN([C@H](C)CCN(O)C(=O)c2c(C)cc(Cl)nc2C)CC1. The molecular formula is C24H34ClN5O4S. The van der Waals surface area contributed by atoms with Crippen LogP contribution in [0.1, 0.15) is 53.4 Å². The molecule has 2 N–H and O–H groups in total. The number of hydroxylamine groups is 3. The Morgan fingerprint density at radius 2 is 2.09 bits per heavy atom. The lowest BCUT2D eigenvalue weighted by Gasteiger charge is -2.40. The van der Waals surface area contributed by atoms with Gasteiger partial charge in [-0.25, -0.2) is 20.3 Å². The maximum atomic E-state index is 12.8. The molecule has 0 bridgehead atoms. The van der Waals surface area contributed by atoms with Crippen LogP contribution >= 0.6 is 22.9 Å². The molecular weight excluding hydrogens is 490 g/mol. The number of halogens is 1. The Bertz CT molecular complexity index is 975. The molecule has 35 heavy (non-hydrogen) atoms. The highest BCUT2D eigenvalue weighted by atomic mass is 35.5. The van der Waals surface area contributed by atoms with E-state index in [1.165, 1.54) is 7.11 Å². The third kappa shape index (κ3) is 7.14. The summed E-state index contributed by atoms with van der Waals surface area (Å²) in [7, 11) is 1.44. The second-order valence-electron chi connectivity index (χ2n) is 8.93. The Balaban J connectivity index is 1.52. The molecule has 9 nitrogen and oxygen atoms in total. The smallest absolute Gasteiger partial charge is 0.316 e. The zero-order valence-corrected chi connectivity index (χ0v) is 22.2. The third-order valence-corrected chi connectivity index (χ3v) is 7.45. The van der Waals surface area contributed by atoms with Gasteiger partial charge in [-0.05, 0) is 74.1 Å². The summed E-state index contributed by atoms with van der Waals surface area (Å²) in [5.41, 5.74) is 5.12. The van der Waals surface area contributed by atoms with Crippen LogP contribution in [-0.4, -0.2) is 75.8 Å². The van der Waals surface area contributed by atoms with E-state index < -0.39 is 5.91 Å². The van der Waals surface area contributed by atoms with Crippen molar-refractivity contribution in [2.24, 2.45) is 0 Å². The molecule has 3 rings (SSSR count). The summed E-state index contributed by atoms with van der Waals surface area (Å²) in [4.78, 5) is 38.6. The van der Waals surface area contributed by atoms with Crippen molar-refractivity contribution < 1.29 is 19.6 Å². The molecule has 2 aromatic heterocycles. The van der Waals surface area contributed by atoms with E-state index in [2.05, 4.69) is 27.7 Å². The molecule has 1 aliphatic rings. The number of carbonyl (C=O) groups excluding carboxylic acids is 2. The summed E-state index contributed by atoms with van der Waals surface area (Å²) in [6.45, 7) is 7.99. The van der Waals surface area contributed by atoms with Crippen molar-refractivity contribution in [3.8, 4) is 0 Å². The number of hydrogen-bond donors (Lipinski definition) is 2. The van der Waals surface area contributed by atoms with Crippen molar-refractivity contribution in [1.82, 2.24) is 25.3 Å². The molecule has 1 aliphatic heterocycles. The van der Waals surface area contributed by atoms with Gasteiger partial charge >= 0.3 is 6.03 Å². The van der Waals surface area contributed by atoms with Gasteiger partial charge in [0.2, 0.25) is 0 Å². The average molecular weight is 524 g/mol. The average Bonchev–Trinajstić information content (AvgIpc) is 3.33. The highest BCUT2D eigenvalue weighted by Gasteiger charge is 2.30. The molecule has 0 aliphatic carbocycles. The molecule has 1 fully saturated rings. The number of nitrogens with zero attached hydrogens (tertiary/aromatic N) is 4. The summed E-state index contributed by atoms with van der Waals surface area (Å²) in [6.07, 6.45) is 2.29. The van der Waals surface area contributed by atoms with Crippen LogP contribution in [0.2, 0.25) is 5.15 Å². The van der Waals surface area contributed by atoms with Crippen LogP contribution in [0.25, 0.3) is 0 Å². The van der Waals surface area contributed by atoms with Gasteiger partial charge in [-0.1, -0.05) is 11.6 Å². The minimum atomic E-state index is -0.469. The lowest BCUT2D eigenvalue weighted by atomic mass is 10.0. The van der Waals surface area contributed by atoms with Gasteiger partial charge in [0.05, 0.1) is 24.9 Å². The Morgan fingerprint density at radius 1 is 1.37 bits per heavy atom. The van der Waals surface area contributed by atoms with Crippen molar-refractivity contribution in [2.75, 3.05) is 26.7 Å². The van der Waals surface area contributed by atoms with Gasteiger partial charge in [0.1, 0.15) is 5.15 Å². The number of piperidine rings is 1. The van der Waals surface area contributed by atoms with E-state index in [9.17, 15) is 14.8 Å². The van der Waals surface area contributed by atoms with Crippen LogP contribution in [-0.2, 0) is 11.4 Å². The van der Waals surface area contributed by atoms with Gasteiger partial charge in [0.15, 0.2) is 0 Å². The zero-order valence-electron chi connectivity index (χ0n) is 20.7. The first kappa shape index (κ1) is 27.3. The van der Waals surface area contributed by atoms with Crippen molar-refractivity contribution in [3.05, 3.63) is 50.4 Å². The van der Waals surface area contributed by atoms with Crippen molar-refractivity contribution in [3.63, 3.8) is 0 Å². The lowest BCUT2D eigenvalue weighted by Crippen LogP contribution is -2.51. The molecule has 0 unspecified atom stereocenters. The van der Waals surface area contributed by atoms with E-state index in [4.69, 9.17) is 16.4 Å². The number of carbonyl (C=O) groups is 2. The Hall–Kier alpha value is -2.24. The molecule has 2 aromatic rings. The summed E-state index contributed by atoms with van der Waals surface area (Å²) >= 11 is 7.57. The second-order valence-corrected chi connectivity index (χ2v) is 10.1. The number of likely N-dealkylation sites (tertiary alicyclic amines) is 1. The van der Waals surface area contributed by atoms with Crippen molar-refractivity contribution >= 4 is 34.9 Å². The number of aryl methyl sites for hydroxylation is 2. The van der Waals surface area contributed by atoms with Crippen LogP contribution in [0.15, 0.2) is 22.9 Å². The largest absolute Gasteiger partial charge is 0.341 e. The third-order valence-electron chi connectivity index (χ3n) is 6.52. The molecule has 192 valence electrons. The first-order valence-corrected chi connectivity index (χ1v) is 13.0. The minimum absolute atomic E-state index is 0.104. The molecule has 0 radical (unpaired) electrons. The first-order valence-electron chi connectivity index (χ1n) is 11.7. The molecule has 11 heteroatoms. The minimum Gasteiger partial charge on any atom is -0.316 e. The van der Waals surface area contributed by atoms with Crippen molar-refractivity contribution in [1.29, 1.82) is 0 Å². The first-order chi connectivity index (χ1) is 16.7. The van der Waals surface area contributed by atoms with Crippen LogP contribution in [0, 0.1) is 13.8 Å². The van der Waals surface area contributed by atoms with Gasteiger partial charge in [0, 0.05) is 31.7 Å². The van der Waals surface area contributed by atoms with E-state index in [-0.39, 0.29) is 24.7 Å². The summed E-state index contributed by atoms with van der Waals surface area (Å²) in [5, 5.41) is 15.6. The Kier molecular flexibility index (Phi) is 9.88. The zero-order chi connectivity index (χ0) is 25.5. The summed E-state index contributed by atoms with van der Waals surface area (Å²) in [5.74, 6) is -0.469. The normalized spacial score (nSPS) is 15.6. The van der Waals surface area contributed by atoms with Crippen LogP contribution in [0.5, 0.6) is 0 Å². The fraction of sp³-hybridized carbons (Fsp3) is 0.542. The fourth-order valence-corrected chi connectivity index (χ4v) is 5.51. The van der Waals surface area contributed by atoms with Gasteiger partial charge in [0.25, 0.3) is 5.91 Å². The summed E-state index contributed by atoms with van der Waals surface area (Å²) < 4.78 is 0. The Labute approximate surface area is 215 Å². The van der Waals surface area contributed by atoms with E-state index in [0.29, 0.717) is 34.9 Å². The number of urea groups is 1.